The lowest BCUT2D eigenvalue weighted by molar-refractivity contribution is 0.0247. The smallest absolute Gasteiger partial charge is 0.337 e. The second-order valence-corrected chi connectivity index (χ2v) is 4.67. The highest BCUT2D eigenvalue weighted by atomic mass is 16.5. The monoisotopic (exact) mass is 249 g/mol. The summed E-state index contributed by atoms with van der Waals surface area (Å²) in [5, 5.41) is 12.4. The summed E-state index contributed by atoms with van der Waals surface area (Å²) in [6, 6.07) is 5.30. The van der Waals surface area contributed by atoms with Gasteiger partial charge >= 0.3 is 5.97 Å². The summed E-state index contributed by atoms with van der Waals surface area (Å²) in [6.45, 7) is 3.40. The Bertz CT molecular complexity index is 425. The second-order valence-electron chi connectivity index (χ2n) is 4.67. The molecule has 0 spiro atoms. The molecule has 0 bridgehead atoms. The molecule has 1 aliphatic rings. The Balaban J connectivity index is 2.05. The van der Waals surface area contributed by atoms with E-state index in [2.05, 4.69) is 5.32 Å². The van der Waals surface area contributed by atoms with Crippen LogP contribution in [0.5, 0.6) is 0 Å². The Labute approximate surface area is 107 Å². The number of hydrogen-bond donors (Lipinski definition) is 2. The van der Waals surface area contributed by atoms with Gasteiger partial charge in [0.2, 0.25) is 0 Å². The third-order valence-electron chi connectivity index (χ3n) is 3.28. The number of hydrogen-bond acceptors (Lipinski definition) is 3. The summed E-state index contributed by atoms with van der Waals surface area (Å²) in [5.74, 6) is -0.897. The molecule has 1 aromatic rings. The van der Waals surface area contributed by atoms with E-state index in [1.165, 1.54) is 6.42 Å². The van der Waals surface area contributed by atoms with Crippen LogP contribution in [0.15, 0.2) is 18.2 Å². The maximum Gasteiger partial charge on any atom is 0.337 e. The standard InChI is InChI=1S/C14H19NO3/c1-10-5-4-7-12(14(16)17)13(10)15-9-11-6-2-3-8-18-11/h4-5,7,11,15H,2-3,6,8-9H2,1H3,(H,16,17). The van der Waals surface area contributed by atoms with Gasteiger partial charge in [-0.05, 0) is 37.8 Å². The molecular weight excluding hydrogens is 230 g/mol. The Kier molecular flexibility index (Phi) is 4.20. The van der Waals surface area contributed by atoms with Crippen LogP contribution in [0, 0.1) is 6.92 Å². The minimum Gasteiger partial charge on any atom is -0.478 e. The van der Waals surface area contributed by atoms with Crippen molar-refractivity contribution in [3.8, 4) is 0 Å². The molecule has 1 unspecified atom stereocenters. The fraction of sp³-hybridized carbons (Fsp3) is 0.500. The molecule has 0 aromatic heterocycles. The molecule has 0 saturated carbocycles. The average molecular weight is 249 g/mol. The van der Waals surface area contributed by atoms with Crippen molar-refractivity contribution in [3.63, 3.8) is 0 Å². The van der Waals surface area contributed by atoms with Gasteiger partial charge in [0.25, 0.3) is 0 Å². The van der Waals surface area contributed by atoms with Crippen LogP contribution < -0.4 is 5.32 Å². The lowest BCUT2D eigenvalue weighted by Gasteiger charge is -2.24. The number of carboxylic acids is 1. The number of ether oxygens (including phenoxy) is 1. The van der Waals surface area contributed by atoms with Gasteiger partial charge in [-0.2, -0.15) is 0 Å². The van der Waals surface area contributed by atoms with Crippen LogP contribution in [0.25, 0.3) is 0 Å². The van der Waals surface area contributed by atoms with Gasteiger partial charge in [0.15, 0.2) is 0 Å². The van der Waals surface area contributed by atoms with Gasteiger partial charge in [0.1, 0.15) is 0 Å². The maximum absolute atomic E-state index is 11.2. The molecule has 2 rings (SSSR count). The van der Waals surface area contributed by atoms with Crippen molar-refractivity contribution in [2.75, 3.05) is 18.5 Å². The van der Waals surface area contributed by atoms with Crippen molar-refractivity contribution in [2.45, 2.75) is 32.3 Å². The fourth-order valence-electron chi connectivity index (χ4n) is 2.26. The Morgan fingerprint density at radius 3 is 3.00 bits per heavy atom. The minimum atomic E-state index is -0.897. The van der Waals surface area contributed by atoms with E-state index < -0.39 is 5.97 Å². The molecule has 0 amide bonds. The molecule has 0 aliphatic carbocycles. The van der Waals surface area contributed by atoms with Gasteiger partial charge in [0.05, 0.1) is 17.4 Å². The number of carboxylic acid groups (broad SMARTS) is 1. The zero-order valence-electron chi connectivity index (χ0n) is 10.6. The third-order valence-corrected chi connectivity index (χ3v) is 3.28. The highest BCUT2D eigenvalue weighted by molar-refractivity contribution is 5.95. The quantitative estimate of drug-likeness (QED) is 0.861. The van der Waals surface area contributed by atoms with Crippen molar-refractivity contribution >= 4 is 11.7 Å². The van der Waals surface area contributed by atoms with Crippen molar-refractivity contribution in [1.29, 1.82) is 0 Å². The Morgan fingerprint density at radius 2 is 2.33 bits per heavy atom. The summed E-state index contributed by atoms with van der Waals surface area (Å²) in [5.41, 5.74) is 1.98. The van der Waals surface area contributed by atoms with E-state index in [1.54, 1.807) is 12.1 Å². The second kappa shape index (κ2) is 5.87. The van der Waals surface area contributed by atoms with Crippen LogP contribution in [0.2, 0.25) is 0 Å². The number of rotatable bonds is 4. The van der Waals surface area contributed by atoms with Gasteiger partial charge in [0, 0.05) is 13.2 Å². The van der Waals surface area contributed by atoms with Gasteiger partial charge in [-0.25, -0.2) is 4.79 Å². The van der Waals surface area contributed by atoms with Gasteiger partial charge in [-0.3, -0.25) is 0 Å². The van der Waals surface area contributed by atoms with E-state index >= 15 is 0 Å². The molecule has 1 saturated heterocycles. The zero-order chi connectivity index (χ0) is 13.0. The van der Waals surface area contributed by atoms with Crippen LogP contribution in [-0.2, 0) is 4.74 Å². The van der Waals surface area contributed by atoms with Crippen LogP contribution in [-0.4, -0.2) is 30.3 Å². The first-order chi connectivity index (χ1) is 8.68. The average Bonchev–Trinajstić information content (AvgIpc) is 2.38. The molecule has 1 heterocycles. The van der Waals surface area contributed by atoms with E-state index in [9.17, 15) is 4.79 Å². The molecule has 2 N–H and O–H groups in total. The van der Waals surface area contributed by atoms with Crippen LogP contribution in [0.4, 0.5) is 5.69 Å². The van der Waals surface area contributed by atoms with Crippen LogP contribution in [0.1, 0.15) is 35.2 Å². The highest BCUT2D eigenvalue weighted by Gasteiger charge is 2.16. The first-order valence-corrected chi connectivity index (χ1v) is 6.37. The minimum absolute atomic E-state index is 0.194. The van der Waals surface area contributed by atoms with Gasteiger partial charge in [-0.1, -0.05) is 12.1 Å². The predicted molar refractivity (Wildman–Crippen MR) is 70.2 cm³/mol. The normalized spacial score (nSPS) is 19.5. The largest absolute Gasteiger partial charge is 0.478 e. The molecule has 4 heteroatoms. The molecular formula is C14H19NO3. The van der Waals surface area contributed by atoms with Gasteiger partial charge < -0.3 is 15.2 Å². The van der Waals surface area contributed by atoms with Crippen LogP contribution in [0.3, 0.4) is 0 Å². The van der Waals surface area contributed by atoms with Crippen molar-refractivity contribution in [2.24, 2.45) is 0 Å². The summed E-state index contributed by atoms with van der Waals surface area (Å²) in [7, 11) is 0. The van der Waals surface area contributed by atoms with Gasteiger partial charge in [-0.15, -0.1) is 0 Å². The molecule has 1 atom stereocenters. The predicted octanol–water partition coefficient (Wildman–Crippen LogP) is 2.67. The molecule has 98 valence electrons. The number of carbonyl (C=O) groups is 1. The zero-order valence-corrected chi connectivity index (χ0v) is 10.6. The number of para-hydroxylation sites is 1. The van der Waals surface area contributed by atoms with E-state index in [1.807, 2.05) is 13.0 Å². The number of aryl methyl sites for hydroxylation is 1. The van der Waals surface area contributed by atoms with E-state index in [4.69, 9.17) is 9.84 Å². The van der Waals surface area contributed by atoms with Crippen LogP contribution >= 0.6 is 0 Å². The molecule has 18 heavy (non-hydrogen) atoms. The summed E-state index contributed by atoms with van der Waals surface area (Å²) < 4.78 is 5.63. The van der Waals surface area contributed by atoms with Crippen molar-refractivity contribution < 1.29 is 14.6 Å². The molecule has 1 aromatic carbocycles. The summed E-state index contributed by atoms with van der Waals surface area (Å²) in [4.78, 5) is 11.2. The third kappa shape index (κ3) is 3.01. The van der Waals surface area contributed by atoms with E-state index in [0.29, 0.717) is 17.8 Å². The highest BCUT2D eigenvalue weighted by Crippen LogP contribution is 2.21. The first-order valence-electron chi connectivity index (χ1n) is 6.37. The molecule has 1 aliphatic heterocycles. The first kappa shape index (κ1) is 12.9. The molecule has 4 nitrogen and oxygen atoms in total. The van der Waals surface area contributed by atoms with Crippen molar-refractivity contribution in [3.05, 3.63) is 29.3 Å². The van der Waals surface area contributed by atoms with E-state index in [-0.39, 0.29) is 6.10 Å². The molecule has 1 fully saturated rings. The fourth-order valence-corrected chi connectivity index (χ4v) is 2.26. The number of aromatic carboxylic acids is 1. The lowest BCUT2D eigenvalue weighted by Crippen LogP contribution is -2.27. The SMILES string of the molecule is Cc1cccc(C(=O)O)c1NCC1CCCCO1. The van der Waals surface area contributed by atoms with Crippen molar-refractivity contribution in [1.82, 2.24) is 0 Å². The summed E-state index contributed by atoms with van der Waals surface area (Å²) in [6.07, 6.45) is 3.55. The Hall–Kier alpha value is -1.55. The number of anilines is 1. The number of benzene rings is 1. The van der Waals surface area contributed by atoms with E-state index in [0.717, 1.165) is 25.0 Å². The lowest BCUT2D eigenvalue weighted by atomic mass is 10.1. The number of nitrogens with one attached hydrogen (secondary N) is 1. The maximum atomic E-state index is 11.2. The topological polar surface area (TPSA) is 58.6 Å². The Morgan fingerprint density at radius 1 is 1.50 bits per heavy atom. The summed E-state index contributed by atoms with van der Waals surface area (Å²) >= 11 is 0. The molecule has 0 radical (unpaired) electrons.